The summed E-state index contributed by atoms with van der Waals surface area (Å²) in [5.74, 6) is -0.339. The first-order chi connectivity index (χ1) is 5.66. The lowest BCUT2D eigenvalue weighted by molar-refractivity contribution is -0.137. The van der Waals surface area contributed by atoms with Crippen molar-refractivity contribution in [3.8, 4) is 0 Å². The summed E-state index contributed by atoms with van der Waals surface area (Å²) >= 11 is 4.24. The van der Waals surface area contributed by atoms with Crippen molar-refractivity contribution in [3.63, 3.8) is 0 Å². The maximum absolute atomic E-state index is 10.6. The summed E-state index contributed by atoms with van der Waals surface area (Å²) in [6.45, 7) is 5.85. The lowest BCUT2D eigenvalue weighted by atomic mass is 10.2. The van der Waals surface area contributed by atoms with Crippen LogP contribution in [-0.2, 0) is 9.53 Å². The summed E-state index contributed by atoms with van der Waals surface area (Å²) in [4.78, 5) is 10.6. The minimum Gasteiger partial charge on any atom is -0.463 e. The number of unbranched alkanes of at least 4 members (excludes halogenated alkanes) is 1. The highest BCUT2D eigenvalue weighted by atomic mass is 32.1. The molecule has 0 radical (unpaired) electrons. The van der Waals surface area contributed by atoms with Gasteiger partial charge in [0.1, 0.15) is 0 Å². The van der Waals surface area contributed by atoms with E-state index in [1.54, 1.807) is 0 Å². The predicted octanol–water partition coefficient (Wildman–Crippen LogP) is 2.20. The molecule has 1 unspecified atom stereocenters. The fraction of sp³-hybridized carbons (Fsp3) is 0.667. The third kappa shape index (κ3) is 7.66. The number of thiol groups is 1. The molecular formula is C9H16O2S. The van der Waals surface area contributed by atoms with Crippen LogP contribution in [0.2, 0.25) is 0 Å². The van der Waals surface area contributed by atoms with E-state index in [-0.39, 0.29) is 5.97 Å². The van der Waals surface area contributed by atoms with Gasteiger partial charge in [0.15, 0.2) is 0 Å². The van der Waals surface area contributed by atoms with Gasteiger partial charge in [0.25, 0.3) is 0 Å². The number of hydrogen-bond donors (Lipinski definition) is 1. The Hall–Kier alpha value is -0.440. The Morgan fingerprint density at radius 1 is 1.67 bits per heavy atom. The smallest absolute Gasteiger partial charge is 0.330 e. The Kier molecular flexibility index (Phi) is 6.96. The molecule has 3 heteroatoms. The summed E-state index contributed by atoms with van der Waals surface area (Å²) in [7, 11) is 0. The van der Waals surface area contributed by atoms with Gasteiger partial charge in [-0.05, 0) is 24.5 Å². The van der Waals surface area contributed by atoms with Gasteiger partial charge in [-0.3, -0.25) is 0 Å². The Bertz CT molecular complexity index is 143. The number of esters is 1. The molecule has 1 atom stereocenters. The van der Waals surface area contributed by atoms with Crippen molar-refractivity contribution in [2.45, 2.75) is 31.4 Å². The quantitative estimate of drug-likeness (QED) is 0.299. The van der Waals surface area contributed by atoms with Crippen LogP contribution in [0.5, 0.6) is 0 Å². The first kappa shape index (κ1) is 11.6. The molecule has 0 aromatic rings. The van der Waals surface area contributed by atoms with E-state index < -0.39 is 0 Å². The predicted molar refractivity (Wildman–Crippen MR) is 53.5 cm³/mol. The molecule has 0 heterocycles. The third-order valence-corrected chi connectivity index (χ3v) is 1.69. The number of carbonyl (C=O) groups is 1. The lowest BCUT2D eigenvalue weighted by Gasteiger charge is -2.03. The van der Waals surface area contributed by atoms with Gasteiger partial charge < -0.3 is 4.74 Å². The SMILES string of the molecule is C=CC(=O)OCCCCC(C)S. The fourth-order valence-corrected chi connectivity index (χ4v) is 0.956. The summed E-state index contributed by atoms with van der Waals surface area (Å²) in [6, 6.07) is 0. The molecule has 0 fully saturated rings. The van der Waals surface area contributed by atoms with E-state index >= 15 is 0 Å². The van der Waals surface area contributed by atoms with Crippen LogP contribution in [0, 0.1) is 0 Å². The zero-order chi connectivity index (χ0) is 9.40. The van der Waals surface area contributed by atoms with Gasteiger partial charge in [-0.1, -0.05) is 13.5 Å². The van der Waals surface area contributed by atoms with Gasteiger partial charge in [0, 0.05) is 6.08 Å². The number of hydrogen-bond acceptors (Lipinski definition) is 3. The van der Waals surface area contributed by atoms with Crippen molar-refractivity contribution in [2.24, 2.45) is 0 Å². The largest absolute Gasteiger partial charge is 0.463 e. The molecule has 0 aliphatic carbocycles. The van der Waals surface area contributed by atoms with Gasteiger partial charge in [-0.2, -0.15) is 12.6 Å². The first-order valence-corrected chi connectivity index (χ1v) is 4.65. The molecule has 0 aliphatic heterocycles. The van der Waals surface area contributed by atoms with Crippen LogP contribution in [0.3, 0.4) is 0 Å². The molecule has 2 nitrogen and oxygen atoms in total. The molecule has 0 bridgehead atoms. The highest BCUT2D eigenvalue weighted by molar-refractivity contribution is 7.80. The number of carbonyl (C=O) groups excluding carboxylic acids is 1. The highest BCUT2D eigenvalue weighted by Crippen LogP contribution is 2.05. The van der Waals surface area contributed by atoms with Crippen molar-refractivity contribution in [1.82, 2.24) is 0 Å². The van der Waals surface area contributed by atoms with Crippen molar-refractivity contribution in [1.29, 1.82) is 0 Å². The zero-order valence-corrected chi connectivity index (χ0v) is 8.35. The van der Waals surface area contributed by atoms with Crippen LogP contribution >= 0.6 is 12.6 Å². The molecule has 0 aromatic heterocycles. The molecular weight excluding hydrogens is 172 g/mol. The monoisotopic (exact) mass is 188 g/mol. The van der Waals surface area contributed by atoms with Crippen LogP contribution in [0.25, 0.3) is 0 Å². The Morgan fingerprint density at radius 2 is 2.33 bits per heavy atom. The fourth-order valence-electron chi connectivity index (χ4n) is 0.773. The molecule has 0 saturated carbocycles. The summed E-state index contributed by atoms with van der Waals surface area (Å²) < 4.78 is 4.79. The van der Waals surface area contributed by atoms with Crippen molar-refractivity contribution in [3.05, 3.63) is 12.7 Å². The normalized spacial score (nSPS) is 12.2. The van der Waals surface area contributed by atoms with E-state index in [0.717, 1.165) is 19.3 Å². The zero-order valence-electron chi connectivity index (χ0n) is 7.45. The van der Waals surface area contributed by atoms with Crippen LogP contribution in [0.1, 0.15) is 26.2 Å². The molecule has 0 aromatic carbocycles. The summed E-state index contributed by atoms with van der Waals surface area (Å²) in [5.41, 5.74) is 0. The summed E-state index contributed by atoms with van der Waals surface area (Å²) in [6.07, 6.45) is 4.20. The first-order valence-electron chi connectivity index (χ1n) is 4.14. The van der Waals surface area contributed by atoms with E-state index in [2.05, 4.69) is 26.1 Å². The molecule has 0 saturated heterocycles. The average molecular weight is 188 g/mol. The van der Waals surface area contributed by atoms with Crippen LogP contribution in [0.15, 0.2) is 12.7 Å². The van der Waals surface area contributed by atoms with E-state index in [0.29, 0.717) is 11.9 Å². The topological polar surface area (TPSA) is 26.3 Å². The molecule has 70 valence electrons. The van der Waals surface area contributed by atoms with Crippen LogP contribution in [-0.4, -0.2) is 17.8 Å². The molecule has 0 spiro atoms. The maximum atomic E-state index is 10.6. The van der Waals surface area contributed by atoms with Crippen molar-refractivity contribution < 1.29 is 9.53 Å². The van der Waals surface area contributed by atoms with E-state index in [1.165, 1.54) is 6.08 Å². The Labute approximate surface area is 79.4 Å². The van der Waals surface area contributed by atoms with E-state index in [9.17, 15) is 4.79 Å². The minimum absolute atomic E-state index is 0.339. The maximum Gasteiger partial charge on any atom is 0.330 e. The van der Waals surface area contributed by atoms with Gasteiger partial charge in [0.2, 0.25) is 0 Å². The molecule has 12 heavy (non-hydrogen) atoms. The third-order valence-electron chi connectivity index (χ3n) is 1.43. The van der Waals surface area contributed by atoms with E-state index in [1.807, 2.05) is 0 Å². The molecule has 0 amide bonds. The minimum atomic E-state index is -0.339. The lowest BCUT2D eigenvalue weighted by Crippen LogP contribution is -2.02. The van der Waals surface area contributed by atoms with Gasteiger partial charge in [0.05, 0.1) is 6.61 Å². The van der Waals surface area contributed by atoms with Crippen LogP contribution in [0.4, 0.5) is 0 Å². The Balaban J connectivity index is 3.11. The van der Waals surface area contributed by atoms with Gasteiger partial charge in [-0.15, -0.1) is 0 Å². The van der Waals surface area contributed by atoms with E-state index in [4.69, 9.17) is 4.74 Å². The Morgan fingerprint density at radius 3 is 2.83 bits per heavy atom. The van der Waals surface area contributed by atoms with Crippen LogP contribution < -0.4 is 0 Å². The second-order valence-electron chi connectivity index (χ2n) is 2.72. The number of ether oxygens (including phenoxy) is 1. The van der Waals surface area contributed by atoms with Crippen molar-refractivity contribution in [2.75, 3.05) is 6.61 Å². The number of rotatable bonds is 6. The van der Waals surface area contributed by atoms with Crippen molar-refractivity contribution >= 4 is 18.6 Å². The summed E-state index contributed by atoms with van der Waals surface area (Å²) in [5, 5.41) is 0.431. The van der Waals surface area contributed by atoms with Gasteiger partial charge >= 0.3 is 5.97 Å². The molecule has 0 aliphatic rings. The standard InChI is InChI=1S/C9H16O2S/c1-3-9(10)11-7-5-4-6-8(2)12/h3,8,12H,1,4-7H2,2H3. The average Bonchev–Trinajstić information content (AvgIpc) is 2.03. The highest BCUT2D eigenvalue weighted by Gasteiger charge is 1.97. The molecule has 0 N–H and O–H groups in total. The second-order valence-corrected chi connectivity index (χ2v) is 3.60. The second kappa shape index (κ2) is 7.22. The molecule has 0 rings (SSSR count). The van der Waals surface area contributed by atoms with Gasteiger partial charge in [-0.25, -0.2) is 4.79 Å².